The minimum Gasteiger partial charge on any atom is -0.462 e. The van der Waals surface area contributed by atoms with Gasteiger partial charge in [0.25, 0.3) is 10.1 Å². The van der Waals surface area contributed by atoms with Gasteiger partial charge in [0.2, 0.25) is 0 Å². The van der Waals surface area contributed by atoms with Crippen molar-refractivity contribution < 1.29 is 32.0 Å². The molecule has 0 amide bonds. The van der Waals surface area contributed by atoms with Crippen LogP contribution < -0.4 is 4.74 Å². The Labute approximate surface area is 164 Å². The molecule has 0 saturated carbocycles. The lowest BCUT2D eigenvalue weighted by molar-refractivity contribution is -0.134. The van der Waals surface area contributed by atoms with Crippen molar-refractivity contribution in [2.24, 2.45) is 0 Å². The quantitative estimate of drug-likeness (QED) is 0.209. The number of ether oxygens (including phenoxy) is 2. The highest BCUT2D eigenvalue weighted by molar-refractivity contribution is 14.1. The summed E-state index contributed by atoms with van der Waals surface area (Å²) in [7, 11) is -4.29. The summed E-state index contributed by atoms with van der Waals surface area (Å²) >= 11 is 2.13. The number of esters is 2. The summed E-state index contributed by atoms with van der Waals surface area (Å²) in [5.41, 5.74) is 0.437. The molecule has 0 aliphatic carbocycles. The molecule has 0 bridgehead atoms. The first-order valence-electron chi connectivity index (χ1n) is 7.46. The molecule has 138 valence electrons. The van der Waals surface area contributed by atoms with E-state index in [1.807, 2.05) is 0 Å². The van der Waals surface area contributed by atoms with Crippen molar-refractivity contribution in [1.29, 1.82) is 0 Å². The number of hydrogen-bond donors (Lipinski definition) is 1. The maximum atomic E-state index is 11.8. The van der Waals surface area contributed by atoms with Crippen molar-refractivity contribution in [2.45, 2.75) is 17.7 Å². The molecule has 2 aromatic rings. The highest BCUT2D eigenvalue weighted by Crippen LogP contribution is 2.16. The van der Waals surface area contributed by atoms with Crippen molar-refractivity contribution in [3.63, 3.8) is 0 Å². The van der Waals surface area contributed by atoms with E-state index in [9.17, 15) is 18.0 Å². The standard InChI is InChI=1S/C17H15IO7S/c18-13-5-3-12(4-6-13)17(20)24-11-1-2-16(19)25-14-7-9-15(10-8-14)26(21,22)23/h3-10H,1-2,11H2,(H,21,22,23). The molecule has 26 heavy (non-hydrogen) atoms. The lowest BCUT2D eigenvalue weighted by Crippen LogP contribution is -2.11. The maximum absolute atomic E-state index is 11.8. The van der Waals surface area contributed by atoms with Gasteiger partial charge < -0.3 is 9.47 Å². The Morgan fingerprint density at radius 1 is 1.00 bits per heavy atom. The van der Waals surface area contributed by atoms with Crippen LogP contribution in [0.25, 0.3) is 0 Å². The fourth-order valence-corrected chi connectivity index (χ4v) is 2.75. The molecule has 2 rings (SSSR count). The molecule has 0 fully saturated rings. The van der Waals surface area contributed by atoms with Gasteiger partial charge in [-0.25, -0.2) is 4.79 Å². The van der Waals surface area contributed by atoms with E-state index < -0.39 is 22.1 Å². The fourth-order valence-electron chi connectivity index (χ4n) is 1.91. The Balaban J connectivity index is 1.73. The van der Waals surface area contributed by atoms with E-state index in [1.165, 1.54) is 12.1 Å². The van der Waals surface area contributed by atoms with Gasteiger partial charge in [0.1, 0.15) is 5.75 Å². The molecule has 0 saturated heterocycles. The van der Waals surface area contributed by atoms with Crippen LogP contribution in [0, 0.1) is 3.57 Å². The average molecular weight is 490 g/mol. The Morgan fingerprint density at radius 2 is 1.62 bits per heavy atom. The van der Waals surface area contributed by atoms with Crippen LogP contribution in [-0.4, -0.2) is 31.5 Å². The summed E-state index contributed by atoms with van der Waals surface area (Å²) in [5, 5.41) is 0. The summed E-state index contributed by atoms with van der Waals surface area (Å²) < 4.78 is 41.8. The van der Waals surface area contributed by atoms with Crippen LogP contribution in [0.5, 0.6) is 5.75 Å². The SMILES string of the molecule is O=C(CCCOC(=O)c1ccc(I)cc1)Oc1ccc(S(=O)(=O)O)cc1. The van der Waals surface area contributed by atoms with Gasteiger partial charge >= 0.3 is 11.9 Å². The molecule has 0 aliphatic heterocycles. The Bertz CT molecular complexity index is 874. The van der Waals surface area contributed by atoms with Crippen molar-refractivity contribution in [3.8, 4) is 5.75 Å². The predicted molar refractivity (Wildman–Crippen MR) is 101 cm³/mol. The van der Waals surface area contributed by atoms with Gasteiger partial charge in [-0.3, -0.25) is 9.35 Å². The lowest BCUT2D eigenvalue weighted by Gasteiger charge is -2.06. The largest absolute Gasteiger partial charge is 0.462 e. The van der Waals surface area contributed by atoms with E-state index in [2.05, 4.69) is 22.6 Å². The first-order valence-corrected chi connectivity index (χ1v) is 9.98. The molecule has 7 nitrogen and oxygen atoms in total. The molecule has 9 heteroatoms. The fraction of sp³-hybridized carbons (Fsp3) is 0.176. The van der Waals surface area contributed by atoms with Gasteiger partial charge in [0.05, 0.1) is 17.1 Å². The molecular weight excluding hydrogens is 475 g/mol. The Hall–Kier alpha value is -1.98. The Kier molecular flexibility index (Phi) is 7.12. The molecule has 0 unspecified atom stereocenters. The smallest absolute Gasteiger partial charge is 0.338 e. The van der Waals surface area contributed by atoms with Crippen molar-refractivity contribution in [2.75, 3.05) is 6.61 Å². The third kappa shape index (κ3) is 6.39. The molecule has 0 aromatic heterocycles. The van der Waals surface area contributed by atoms with Crippen LogP contribution >= 0.6 is 22.6 Å². The highest BCUT2D eigenvalue weighted by Gasteiger charge is 2.11. The number of hydrogen-bond acceptors (Lipinski definition) is 6. The normalized spacial score (nSPS) is 11.0. The van der Waals surface area contributed by atoms with Crippen molar-refractivity contribution >= 4 is 44.6 Å². The van der Waals surface area contributed by atoms with E-state index in [0.717, 1.165) is 15.7 Å². The van der Waals surface area contributed by atoms with Crippen LogP contribution in [0.15, 0.2) is 53.4 Å². The van der Waals surface area contributed by atoms with Gasteiger partial charge in [0, 0.05) is 9.99 Å². The number of rotatable bonds is 7. The minimum atomic E-state index is -4.29. The van der Waals surface area contributed by atoms with Crippen molar-refractivity contribution in [3.05, 3.63) is 57.7 Å². The molecule has 0 atom stereocenters. The van der Waals surface area contributed by atoms with E-state index in [1.54, 1.807) is 24.3 Å². The van der Waals surface area contributed by atoms with Gasteiger partial charge in [-0.15, -0.1) is 0 Å². The first kappa shape index (κ1) is 20.3. The van der Waals surface area contributed by atoms with E-state index in [-0.39, 0.29) is 30.1 Å². The van der Waals surface area contributed by atoms with Gasteiger partial charge in [-0.05, 0) is 77.5 Å². The van der Waals surface area contributed by atoms with E-state index in [4.69, 9.17) is 14.0 Å². The number of benzene rings is 2. The van der Waals surface area contributed by atoms with Gasteiger partial charge in [-0.1, -0.05) is 0 Å². The van der Waals surface area contributed by atoms with Crippen LogP contribution in [0.3, 0.4) is 0 Å². The predicted octanol–water partition coefficient (Wildman–Crippen LogP) is 3.08. The maximum Gasteiger partial charge on any atom is 0.338 e. The van der Waals surface area contributed by atoms with E-state index >= 15 is 0 Å². The lowest BCUT2D eigenvalue weighted by atomic mass is 10.2. The van der Waals surface area contributed by atoms with Crippen molar-refractivity contribution in [1.82, 2.24) is 0 Å². The molecule has 0 heterocycles. The third-order valence-electron chi connectivity index (χ3n) is 3.19. The second kappa shape index (κ2) is 9.10. The number of carbonyl (C=O) groups is 2. The summed E-state index contributed by atoms with van der Waals surface area (Å²) in [6, 6.07) is 11.7. The van der Waals surface area contributed by atoms with Crippen LogP contribution in [0.4, 0.5) is 0 Å². The second-order valence-electron chi connectivity index (χ2n) is 5.17. The molecular formula is C17H15IO7S. The summed E-state index contributed by atoms with van der Waals surface area (Å²) in [5.74, 6) is -0.858. The van der Waals surface area contributed by atoms with Gasteiger partial charge in [0.15, 0.2) is 0 Å². The summed E-state index contributed by atoms with van der Waals surface area (Å²) in [6.45, 7) is 0.0710. The van der Waals surface area contributed by atoms with Crippen LogP contribution in [-0.2, 0) is 19.6 Å². The zero-order valence-corrected chi connectivity index (χ0v) is 16.4. The number of halogens is 1. The Morgan fingerprint density at radius 3 is 2.19 bits per heavy atom. The van der Waals surface area contributed by atoms with Crippen LogP contribution in [0.2, 0.25) is 0 Å². The minimum absolute atomic E-state index is 0.0278. The highest BCUT2D eigenvalue weighted by atomic mass is 127. The van der Waals surface area contributed by atoms with E-state index in [0.29, 0.717) is 5.56 Å². The van der Waals surface area contributed by atoms with Crippen LogP contribution in [0.1, 0.15) is 23.2 Å². The summed E-state index contributed by atoms with van der Waals surface area (Å²) in [4.78, 5) is 23.2. The molecule has 2 aromatic carbocycles. The summed E-state index contributed by atoms with van der Waals surface area (Å²) in [6.07, 6.45) is 0.318. The molecule has 1 N–H and O–H groups in total. The molecule has 0 radical (unpaired) electrons. The first-order chi connectivity index (χ1) is 12.3. The topological polar surface area (TPSA) is 107 Å². The second-order valence-corrected chi connectivity index (χ2v) is 7.83. The molecule has 0 aliphatic rings. The zero-order chi connectivity index (χ0) is 19.2. The zero-order valence-electron chi connectivity index (χ0n) is 13.4. The third-order valence-corrected chi connectivity index (χ3v) is 4.78. The average Bonchev–Trinajstić information content (AvgIpc) is 2.59. The monoisotopic (exact) mass is 490 g/mol. The number of carbonyl (C=O) groups excluding carboxylic acids is 2. The van der Waals surface area contributed by atoms with Gasteiger partial charge in [-0.2, -0.15) is 8.42 Å². The molecule has 0 spiro atoms.